The van der Waals surface area contributed by atoms with Gasteiger partial charge < -0.3 is 39.0 Å². The van der Waals surface area contributed by atoms with Gasteiger partial charge in [-0.25, -0.2) is 4.79 Å². The van der Waals surface area contributed by atoms with Gasteiger partial charge in [0.25, 0.3) is 0 Å². The van der Waals surface area contributed by atoms with Crippen molar-refractivity contribution in [3.8, 4) is 0 Å². The molecule has 2 saturated heterocycles. The van der Waals surface area contributed by atoms with Crippen LogP contribution in [0.2, 0.25) is 0 Å². The predicted octanol–water partition coefficient (Wildman–Crippen LogP) is 0.272. The van der Waals surface area contributed by atoms with Gasteiger partial charge in [-0.05, 0) is 37.0 Å². The molecule has 186 valence electrons. The molecule has 0 aromatic heterocycles. The first-order valence-electron chi connectivity index (χ1n) is 11.3. The molecule has 2 aliphatic carbocycles. The van der Waals surface area contributed by atoms with E-state index in [1.807, 2.05) is 19.9 Å². The molecule has 0 aromatic rings. The summed E-state index contributed by atoms with van der Waals surface area (Å²) >= 11 is 0. The van der Waals surface area contributed by atoms with Gasteiger partial charge in [0.1, 0.15) is 12.2 Å². The average Bonchev–Trinajstić information content (AvgIpc) is 3.29. The van der Waals surface area contributed by atoms with Crippen molar-refractivity contribution in [2.45, 2.75) is 76.0 Å². The molecule has 1 saturated carbocycles. The number of hydrogen-bond donors (Lipinski definition) is 3. The van der Waals surface area contributed by atoms with Crippen LogP contribution in [0.25, 0.3) is 0 Å². The number of ether oxygens (including phenoxy) is 5. The van der Waals surface area contributed by atoms with Gasteiger partial charge in [-0.15, -0.1) is 0 Å². The molecule has 4 rings (SSSR count). The average molecular weight is 471 g/mol. The zero-order valence-electron chi connectivity index (χ0n) is 19.6. The smallest absolute Gasteiger partial charge is 0.334 e. The van der Waals surface area contributed by atoms with Crippen LogP contribution in [0.3, 0.4) is 0 Å². The maximum atomic E-state index is 12.9. The quantitative estimate of drug-likeness (QED) is 0.463. The molecule has 2 aliphatic heterocycles. The molecule has 3 N–H and O–H groups in total. The minimum Gasteiger partial charge on any atom is -0.466 e. The van der Waals surface area contributed by atoms with Gasteiger partial charge in [0.05, 0.1) is 19.1 Å². The van der Waals surface area contributed by atoms with Gasteiger partial charge in [0.2, 0.25) is 0 Å². The number of rotatable bonds is 6. The Labute approximate surface area is 192 Å². The Morgan fingerprint density at radius 2 is 1.97 bits per heavy atom. The molecular formula is C23H34O10. The lowest BCUT2D eigenvalue weighted by atomic mass is 9.46. The van der Waals surface area contributed by atoms with Gasteiger partial charge in [0, 0.05) is 25.2 Å². The molecule has 0 spiro atoms. The topological polar surface area (TPSA) is 141 Å². The van der Waals surface area contributed by atoms with E-state index in [1.54, 1.807) is 0 Å². The van der Waals surface area contributed by atoms with Crippen molar-refractivity contribution in [3.63, 3.8) is 0 Å². The van der Waals surface area contributed by atoms with E-state index < -0.39 is 59.2 Å². The molecule has 0 radical (unpaired) electrons. The molecule has 10 nitrogen and oxygen atoms in total. The van der Waals surface area contributed by atoms with Crippen molar-refractivity contribution in [3.05, 3.63) is 11.6 Å². The van der Waals surface area contributed by atoms with Gasteiger partial charge in [-0.3, -0.25) is 4.79 Å². The zero-order chi connectivity index (χ0) is 24.3. The Kier molecular flexibility index (Phi) is 6.16. The molecule has 0 aromatic carbocycles. The summed E-state index contributed by atoms with van der Waals surface area (Å²) in [4.78, 5) is 25.6. The zero-order valence-corrected chi connectivity index (χ0v) is 19.6. The fourth-order valence-corrected chi connectivity index (χ4v) is 6.97. The van der Waals surface area contributed by atoms with Crippen molar-refractivity contribution in [1.82, 2.24) is 0 Å². The van der Waals surface area contributed by atoms with E-state index in [0.29, 0.717) is 24.8 Å². The summed E-state index contributed by atoms with van der Waals surface area (Å²) in [6.45, 7) is 3.79. The maximum absolute atomic E-state index is 12.9. The van der Waals surface area contributed by atoms with Crippen LogP contribution in [0.1, 0.15) is 39.5 Å². The molecule has 2 bridgehead atoms. The normalized spacial score (nSPS) is 47.5. The number of esters is 2. The molecule has 10 unspecified atom stereocenters. The van der Waals surface area contributed by atoms with Gasteiger partial charge >= 0.3 is 11.9 Å². The number of aliphatic hydroxyl groups excluding tert-OH is 2. The largest absolute Gasteiger partial charge is 0.466 e. The number of fused-ring (bicyclic) bond motifs is 4. The second kappa shape index (κ2) is 8.28. The van der Waals surface area contributed by atoms with E-state index in [0.717, 1.165) is 0 Å². The summed E-state index contributed by atoms with van der Waals surface area (Å²) in [6, 6.07) is 0. The highest BCUT2D eigenvalue weighted by atomic mass is 16.8. The van der Waals surface area contributed by atoms with E-state index in [1.165, 1.54) is 21.3 Å². The Morgan fingerprint density at radius 1 is 1.27 bits per heavy atom. The molecule has 0 amide bonds. The number of carbonyl (C=O) groups excluding carboxylic acids is 2. The number of hydrogen-bond acceptors (Lipinski definition) is 10. The Morgan fingerprint density at radius 3 is 2.58 bits per heavy atom. The van der Waals surface area contributed by atoms with Crippen molar-refractivity contribution in [1.29, 1.82) is 0 Å². The first-order valence-corrected chi connectivity index (χ1v) is 11.3. The van der Waals surface area contributed by atoms with Crippen LogP contribution >= 0.6 is 0 Å². The van der Waals surface area contributed by atoms with Crippen molar-refractivity contribution < 1.29 is 48.6 Å². The lowest BCUT2D eigenvalue weighted by Gasteiger charge is -2.56. The molecule has 2 heterocycles. The maximum Gasteiger partial charge on any atom is 0.334 e. The van der Waals surface area contributed by atoms with Crippen molar-refractivity contribution in [2.24, 2.45) is 22.7 Å². The third-order valence-corrected chi connectivity index (χ3v) is 8.75. The minimum atomic E-state index is -2.19. The summed E-state index contributed by atoms with van der Waals surface area (Å²) < 4.78 is 26.5. The molecular weight excluding hydrogens is 436 g/mol. The van der Waals surface area contributed by atoms with Crippen LogP contribution in [0.5, 0.6) is 0 Å². The van der Waals surface area contributed by atoms with E-state index in [9.17, 15) is 24.9 Å². The summed E-state index contributed by atoms with van der Waals surface area (Å²) in [7, 11) is 3.92. The lowest BCUT2D eigenvalue weighted by molar-refractivity contribution is -0.243. The first-order chi connectivity index (χ1) is 15.5. The molecule has 10 atom stereocenters. The third kappa shape index (κ3) is 3.22. The number of methoxy groups -OCH3 is 3. The summed E-state index contributed by atoms with van der Waals surface area (Å²) in [5.74, 6) is -1.61. The second-order valence-electron chi connectivity index (χ2n) is 10.1. The first kappa shape index (κ1) is 24.6. The summed E-state index contributed by atoms with van der Waals surface area (Å²) in [5, 5.41) is 33.4. The van der Waals surface area contributed by atoms with Crippen LogP contribution in [-0.4, -0.2) is 85.1 Å². The van der Waals surface area contributed by atoms with Crippen LogP contribution in [0.15, 0.2) is 11.6 Å². The summed E-state index contributed by atoms with van der Waals surface area (Å²) in [5.41, 5.74) is -3.39. The monoisotopic (exact) mass is 470 g/mol. The highest BCUT2D eigenvalue weighted by Gasteiger charge is 2.69. The molecule has 33 heavy (non-hydrogen) atoms. The number of carbonyl (C=O) groups is 2. The van der Waals surface area contributed by atoms with Gasteiger partial charge in [-0.1, -0.05) is 19.9 Å². The van der Waals surface area contributed by atoms with Gasteiger partial charge in [0.15, 0.2) is 18.2 Å². The Bertz CT molecular complexity index is 839. The van der Waals surface area contributed by atoms with E-state index in [2.05, 4.69) is 0 Å². The Hall–Kier alpha value is -1.56. The van der Waals surface area contributed by atoms with Crippen molar-refractivity contribution >= 4 is 11.9 Å². The lowest BCUT2D eigenvalue weighted by Crippen LogP contribution is -2.62. The highest BCUT2D eigenvalue weighted by Crippen LogP contribution is 2.66. The van der Waals surface area contributed by atoms with Crippen LogP contribution in [0, 0.1) is 22.7 Å². The SMILES string of the molecule is COC(=O)C1=CCCC2C(C)(CC(O)C3(O)C(OC)OC(OC)C3O)C3CC(OC3=O)C12C. The summed E-state index contributed by atoms with van der Waals surface area (Å²) in [6.07, 6.45) is -2.68. The van der Waals surface area contributed by atoms with Gasteiger partial charge in [-0.2, -0.15) is 0 Å². The predicted molar refractivity (Wildman–Crippen MR) is 111 cm³/mol. The van der Waals surface area contributed by atoms with E-state index in [4.69, 9.17) is 23.7 Å². The molecule has 3 fully saturated rings. The number of aliphatic hydroxyl groups is 3. The number of allylic oxidation sites excluding steroid dienone is 1. The minimum absolute atomic E-state index is 0.0542. The fourth-order valence-electron chi connectivity index (χ4n) is 6.97. The standard InChI is InChI=1S/C23H34O10/c1-21(10-14(24)23(28)16(25)19(30-4)33-20(23)31-5)12-9-15(32-18(12)27)22(2)11(17(26)29-3)7-6-8-13(21)22/h7,12-16,19-20,24-25,28H,6,8-10H2,1-5H3. The molecule has 10 heteroatoms. The van der Waals surface area contributed by atoms with Crippen LogP contribution in [0.4, 0.5) is 0 Å². The van der Waals surface area contributed by atoms with Crippen LogP contribution in [-0.2, 0) is 33.3 Å². The third-order valence-electron chi connectivity index (χ3n) is 8.75. The fraction of sp³-hybridized carbons (Fsp3) is 0.826. The van der Waals surface area contributed by atoms with E-state index >= 15 is 0 Å². The highest BCUT2D eigenvalue weighted by molar-refractivity contribution is 5.91. The second-order valence-corrected chi connectivity index (χ2v) is 10.1. The van der Waals surface area contributed by atoms with Crippen molar-refractivity contribution in [2.75, 3.05) is 21.3 Å². The van der Waals surface area contributed by atoms with E-state index in [-0.39, 0.29) is 18.3 Å². The molecule has 4 aliphatic rings. The Balaban J connectivity index is 1.73. The van der Waals surface area contributed by atoms with Crippen LogP contribution < -0.4 is 0 Å².